The highest BCUT2D eigenvalue weighted by Gasteiger charge is 2.89. The summed E-state index contributed by atoms with van der Waals surface area (Å²) in [5, 5.41) is 0. The lowest BCUT2D eigenvalue weighted by Crippen LogP contribution is -2.70. The van der Waals surface area contributed by atoms with Gasteiger partial charge in [0.2, 0.25) is 0 Å². The van der Waals surface area contributed by atoms with Crippen molar-refractivity contribution >= 4 is 0 Å². The highest BCUT2D eigenvalue weighted by molar-refractivity contribution is 5.10. The molecule has 12 heteroatoms. The fourth-order valence-corrected chi connectivity index (χ4v) is 1.12. The van der Waals surface area contributed by atoms with Gasteiger partial charge < -0.3 is 0 Å². The van der Waals surface area contributed by atoms with Crippen LogP contribution in [-0.2, 0) is 0 Å². The Balaban J connectivity index is 6.14. The van der Waals surface area contributed by atoms with Gasteiger partial charge in [0.1, 0.15) is 0 Å². The molecular weight excluding hydrogens is 336 g/mol. The first kappa shape index (κ1) is 20.2. The SMILES string of the molecule is CCC(F)(F)C(F)(F)C(F)(F)C(F)(F)C(F)(F)C(C)(F)F. The molecule has 0 aliphatic carbocycles. The molecule has 0 aliphatic rings. The first-order valence-electron chi connectivity index (χ1n) is 5.08. The molecule has 0 aromatic carbocycles. The van der Waals surface area contributed by atoms with Crippen LogP contribution in [0.15, 0.2) is 0 Å². The van der Waals surface area contributed by atoms with E-state index < -0.39 is 48.9 Å². The fraction of sp³-hybridized carbons (Fsp3) is 1.00. The summed E-state index contributed by atoms with van der Waals surface area (Å²) in [6.45, 7) is -0.748. The van der Waals surface area contributed by atoms with Crippen molar-refractivity contribution in [3.8, 4) is 0 Å². The van der Waals surface area contributed by atoms with E-state index in [9.17, 15) is 52.7 Å². The quantitative estimate of drug-likeness (QED) is 0.579. The van der Waals surface area contributed by atoms with E-state index >= 15 is 0 Å². The smallest absolute Gasteiger partial charge is 0.200 e. The van der Waals surface area contributed by atoms with Gasteiger partial charge in [-0.15, -0.1) is 0 Å². The molecule has 0 heterocycles. The van der Waals surface area contributed by atoms with E-state index in [0.29, 0.717) is 0 Å². The van der Waals surface area contributed by atoms with Crippen LogP contribution < -0.4 is 0 Å². The van der Waals surface area contributed by atoms with Crippen molar-refractivity contribution in [2.45, 2.75) is 55.8 Å². The number of hydrogen-bond acceptors (Lipinski definition) is 0. The Kier molecular flexibility index (Phi) is 4.64. The average Bonchev–Trinajstić information content (AvgIpc) is 2.26. The highest BCUT2D eigenvalue weighted by Crippen LogP contribution is 2.60. The monoisotopic (exact) mass is 344 g/mol. The molecule has 0 radical (unpaired) electrons. The van der Waals surface area contributed by atoms with Gasteiger partial charge in [-0.05, 0) is 0 Å². The summed E-state index contributed by atoms with van der Waals surface area (Å²) >= 11 is 0. The first-order valence-corrected chi connectivity index (χ1v) is 5.08. The summed E-state index contributed by atoms with van der Waals surface area (Å²) in [6, 6.07) is 0. The van der Waals surface area contributed by atoms with Gasteiger partial charge in [-0.1, -0.05) is 6.92 Å². The third-order valence-electron chi connectivity index (χ3n) is 2.64. The third kappa shape index (κ3) is 2.54. The second-order valence-corrected chi connectivity index (χ2v) is 4.24. The van der Waals surface area contributed by atoms with Crippen LogP contribution in [0.3, 0.4) is 0 Å². The van der Waals surface area contributed by atoms with Crippen LogP contribution in [0, 0.1) is 0 Å². The average molecular weight is 344 g/mol. The topological polar surface area (TPSA) is 0 Å². The van der Waals surface area contributed by atoms with Crippen LogP contribution >= 0.6 is 0 Å². The first-order chi connectivity index (χ1) is 8.81. The molecule has 0 spiro atoms. The van der Waals surface area contributed by atoms with Gasteiger partial charge in [-0.25, -0.2) is 0 Å². The van der Waals surface area contributed by atoms with Crippen LogP contribution in [0.2, 0.25) is 0 Å². The van der Waals surface area contributed by atoms with Crippen molar-refractivity contribution in [3.05, 3.63) is 0 Å². The van der Waals surface area contributed by atoms with E-state index in [1.165, 1.54) is 0 Å². The predicted octanol–water partition coefficient (Wildman–Crippen LogP) is 5.23. The minimum absolute atomic E-state index is 0.189. The van der Waals surface area contributed by atoms with Crippen molar-refractivity contribution in [1.29, 1.82) is 0 Å². The molecule has 0 aromatic rings. The Labute approximate surface area is 110 Å². The van der Waals surface area contributed by atoms with E-state index in [4.69, 9.17) is 0 Å². The van der Waals surface area contributed by atoms with Gasteiger partial charge in [0, 0.05) is 13.3 Å². The number of halogens is 12. The second-order valence-electron chi connectivity index (χ2n) is 4.24. The lowest BCUT2D eigenvalue weighted by Gasteiger charge is -2.40. The van der Waals surface area contributed by atoms with E-state index in [-0.39, 0.29) is 6.92 Å². The lowest BCUT2D eigenvalue weighted by atomic mass is 9.91. The summed E-state index contributed by atoms with van der Waals surface area (Å²) in [5.41, 5.74) is 0. The van der Waals surface area contributed by atoms with Gasteiger partial charge in [-0.3, -0.25) is 0 Å². The molecule has 0 saturated carbocycles. The van der Waals surface area contributed by atoms with Crippen LogP contribution in [0.5, 0.6) is 0 Å². The molecule has 128 valence electrons. The van der Waals surface area contributed by atoms with Crippen molar-refractivity contribution in [2.75, 3.05) is 0 Å². The molecule has 0 fully saturated rings. The standard InChI is InChI=1S/C9H8F12/c1-3-5(12,13)7(16,17)9(20,21)8(18,19)6(14,15)4(2,10)11/h3H2,1-2H3. The molecule has 0 N–H and O–H groups in total. The number of hydrogen-bond donors (Lipinski definition) is 0. The van der Waals surface area contributed by atoms with Crippen molar-refractivity contribution in [1.82, 2.24) is 0 Å². The molecule has 0 aromatic heterocycles. The zero-order valence-electron chi connectivity index (χ0n) is 10.2. The Bertz CT molecular complexity index is 377. The molecule has 0 nitrogen and oxygen atoms in total. The molecule has 0 bridgehead atoms. The van der Waals surface area contributed by atoms with Crippen LogP contribution in [0.4, 0.5) is 52.7 Å². The lowest BCUT2D eigenvalue weighted by molar-refractivity contribution is -0.423. The zero-order chi connectivity index (χ0) is 17.7. The normalized spacial score (nSPS) is 16.3. The van der Waals surface area contributed by atoms with Gasteiger partial charge >= 0.3 is 35.5 Å². The molecule has 0 unspecified atom stereocenters. The Morgan fingerprint density at radius 3 is 1.05 bits per heavy atom. The maximum absolute atomic E-state index is 12.9. The summed E-state index contributed by atoms with van der Waals surface area (Å²) in [4.78, 5) is 0. The van der Waals surface area contributed by atoms with Crippen LogP contribution in [0.25, 0.3) is 0 Å². The molecule has 21 heavy (non-hydrogen) atoms. The molecule has 0 rings (SSSR count). The minimum atomic E-state index is -7.43. The zero-order valence-corrected chi connectivity index (χ0v) is 10.2. The summed E-state index contributed by atoms with van der Waals surface area (Å²) < 4.78 is 152. The van der Waals surface area contributed by atoms with E-state index in [2.05, 4.69) is 0 Å². The van der Waals surface area contributed by atoms with Crippen LogP contribution in [0.1, 0.15) is 20.3 Å². The molecule has 0 atom stereocenters. The second kappa shape index (κ2) is 4.83. The van der Waals surface area contributed by atoms with Gasteiger partial charge in [-0.2, -0.15) is 52.7 Å². The molecule has 0 saturated heterocycles. The van der Waals surface area contributed by atoms with Crippen molar-refractivity contribution in [3.63, 3.8) is 0 Å². The van der Waals surface area contributed by atoms with E-state index in [0.717, 1.165) is 0 Å². The maximum atomic E-state index is 12.9. The third-order valence-corrected chi connectivity index (χ3v) is 2.64. The molecular formula is C9H8F12. The largest absolute Gasteiger partial charge is 0.384 e. The molecule has 0 amide bonds. The van der Waals surface area contributed by atoms with E-state index in [1.54, 1.807) is 0 Å². The number of rotatable bonds is 6. The number of alkyl halides is 12. The van der Waals surface area contributed by atoms with Gasteiger partial charge in [0.05, 0.1) is 0 Å². The van der Waals surface area contributed by atoms with Crippen LogP contribution in [-0.4, -0.2) is 35.5 Å². The minimum Gasteiger partial charge on any atom is -0.200 e. The van der Waals surface area contributed by atoms with Crippen molar-refractivity contribution in [2.24, 2.45) is 0 Å². The summed E-state index contributed by atoms with van der Waals surface area (Å²) in [6.07, 6.45) is -2.11. The predicted molar refractivity (Wildman–Crippen MR) is 45.6 cm³/mol. The summed E-state index contributed by atoms with van der Waals surface area (Å²) in [5.74, 6) is -40.5. The van der Waals surface area contributed by atoms with Crippen molar-refractivity contribution < 1.29 is 52.7 Å². The highest BCUT2D eigenvalue weighted by atomic mass is 19.4. The maximum Gasteiger partial charge on any atom is 0.384 e. The van der Waals surface area contributed by atoms with E-state index in [1.807, 2.05) is 0 Å². The Hall–Kier alpha value is -0.840. The van der Waals surface area contributed by atoms with Gasteiger partial charge in [0.25, 0.3) is 0 Å². The summed E-state index contributed by atoms with van der Waals surface area (Å²) in [7, 11) is 0. The van der Waals surface area contributed by atoms with Gasteiger partial charge in [0.15, 0.2) is 0 Å². The fourth-order valence-electron chi connectivity index (χ4n) is 1.12. The molecule has 0 aliphatic heterocycles. The Morgan fingerprint density at radius 1 is 0.524 bits per heavy atom. The Morgan fingerprint density at radius 2 is 0.810 bits per heavy atom.